The van der Waals surface area contributed by atoms with E-state index in [0.29, 0.717) is 11.1 Å². The van der Waals surface area contributed by atoms with Gasteiger partial charge in [0.25, 0.3) is 0 Å². The topological polar surface area (TPSA) is 53.8 Å². The molecule has 0 spiro atoms. The van der Waals surface area contributed by atoms with Gasteiger partial charge in [0.1, 0.15) is 12.4 Å². The van der Waals surface area contributed by atoms with E-state index in [9.17, 15) is 4.79 Å². The molecule has 1 heterocycles. The van der Waals surface area contributed by atoms with Gasteiger partial charge in [-0.3, -0.25) is 9.78 Å². The third-order valence-electron chi connectivity index (χ3n) is 2.25. The lowest BCUT2D eigenvalue weighted by atomic mass is 10.0. The zero-order chi connectivity index (χ0) is 11.4. The van der Waals surface area contributed by atoms with Crippen molar-refractivity contribution in [1.29, 1.82) is 5.26 Å². The van der Waals surface area contributed by atoms with Crippen LogP contribution in [0.1, 0.15) is 15.9 Å². The minimum Gasteiger partial charge on any atom is -0.298 e. The highest BCUT2D eigenvalue weighted by Gasteiger charge is 1.99. The molecule has 0 saturated carbocycles. The predicted octanol–water partition coefficient (Wildman–Crippen LogP) is 2.43. The van der Waals surface area contributed by atoms with Crippen LogP contribution in [-0.2, 0) is 0 Å². The van der Waals surface area contributed by atoms with Gasteiger partial charge >= 0.3 is 0 Å². The molecule has 0 fully saturated rings. The van der Waals surface area contributed by atoms with Crippen LogP contribution in [-0.4, -0.2) is 11.3 Å². The second-order valence-electron chi connectivity index (χ2n) is 3.31. The predicted molar refractivity (Wildman–Crippen MR) is 59.8 cm³/mol. The van der Waals surface area contributed by atoms with Gasteiger partial charge in [0, 0.05) is 23.5 Å². The molecule has 3 heteroatoms. The van der Waals surface area contributed by atoms with Gasteiger partial charge in [-0.05, 0) is 11.6 Å². The van der Waals surface area contributed by atoms with Crippen LogP contribution in [0.15, 0.2) is 42.7 Å². The highest BCUT2D eigenvalue weighted by atomic mass is 16.1. The Morgan fingerprint density at radius 3 is 2.50 bits per heavy atom. The molecule has 0 atom stereocenters. The van der Waals surface area contributed by atoms with Gasteiger partial charge in [-0.1, -0.05) is 24.3 Å². The van der Waals surface area contributed by atoms with E-state index in [2.05, 4.69) is 4.98 Å². The minimum absolute atomic E-state index is 0.525. The number of aldehydes is 1. The molecule has 0 radical (unpaired) electrons. The van der Waals surface area contributed by atoms with Crippen molar-refractivity contribution in [3.05, 3.63) is 53.9 Å². The zero-order valence-electron chi connectivity index (χ0n) is 8.42. The summed E-state index contributed by atoms with van der Waals surface area (Å²) in [4.78, 5) is 14.5. The Kier molecular flexibility index (Phi) is 2.75. The summed E-state index contributed by atoms with van der Waals surface area (Å²) < 4.78 is 0. The number of hydrogen-bond donors (Lipinski definition) is 0. The van der Waals surface area contributed by atoms with Crippen molar-refractivity contribution in [2.45, 2.75) is 0 Å². The lowest BCUT2D eigenvalue weighted by molar-refractivity contribution is 0.112. The number of benzene rings is 1. The summed E-state index contributed by atoms with van der Waals surface area (Å²) in [7, 11) is 0. The third-order valence-corrected chi connectivity index (χ3v) is 2.25. The minimum atomic E-state index is 0.525. The summed E-state index contributed by atoms with van der Waals surface area (Å²) in [6.45, 7) is 0. The van der Waals surface area contributed by atoms with Crippen molar-refractivity contribution < 1.29 is 4.79 Å². The number of rotatable bonds is 2. The molecule has 2 rings (SSSR count). The van der Waals surface area contributed by atoms with Crippen molar-refractivity contribution in [2.75, 3.05) is 0 Å². The van der Waals surface area contributed by atoms with Crippen molar-refractivity contribution in [1.82, 2.24) is 4.98 Å². The largest absolute Gasteiger partial charge is 0.298 e. The molecule has 0 aliphatic rings. The molecule has 0 amide bonds. The highest BCUT2D eigenvalue weighted by molar-refractivity contribution is 5.76. The zero-order valence-corrected chi connectivity index (χ0v) is 8.42. The quantitative estimate of drug-likeness (QED) is 0.712. The Balaban J connectivity index is 2.42. The van der Waals surface area contributed by atoms with Crippen LogP contribution in [0.3, 0.4) is 0 Å². The summed E-state index contributed by atoms with van der Waals surface area (Å²) in [5.41, 5.74) is 2.97. The molecule has 0 N–H and O–H groups in total. The lowest BCUT2D eigenvalue weighted by Crippen LogP contribution is -1.84. The first-order chi connectivity index (χ1) is 7.83. The van der Waals surface area contributed by atoms with Gasteiger partial charge in [0.2, 0.25) is 0 Å². The highest BCUT2D eigenvalue weighted by Crippen LogP contribution is 2.19. The fourth-order valence-corrected chi connectivity index (χ4v) is 1.41. The Labute approximate surface area is 93.0 Å². The standard InChI is InChI=1S/C13H8N2O/c14-6-11-5-13(8-15-7-11)12-3-1-10(9-16)2-4-12/h1-5,7-9H. The molecular formula is C13H8N2O. The Morgan fingerprint density at radius 2 is 1.88 bits per heavy atom. The normalized spacial score (nSPS) is 9.44. The van der Waals surface area contributed by atoms with Gasteiger partial charge in [-0.15, -0.1) is 0 Å². The van der Waals surface area contributed by atoms with Crippen molar-refractivity contribution in [2.24, 2.45) is 0 Å². The first-order valence-corrected chi connectivity index (χ1v) is 4.74. The Morgan fingerprint density at radius 1 is 1.12 bits per heavy atom. The van der Waals surface area contributed by atoms with E-state index in [1.165, 1.54) is 6.20 Å². The number of aromatic nitrogens is 1. The molecule has 1 aromatic heterocycles. The van der Waals surface area contributed by atoms with E-state index < -0.39 is 0 Å². The molecule has 0 unspecified atom stereocenters. The van der Waals surface area contributed by atoms with E-state index in [0.717, 1.165) is 17.4 Å². The Hall–Kier alpha value is -2.47. The molecule has 3 nitrogen and oxygen atoms in total. The number of pyridine rings is 1. The summed E-state index contributed by atoms with van der Waals surface area (Å²) in [5.74, 6) is 0. The van der Waals surface area contributed by atoms with Crippen LogP contribution in [0.4, 0.5) is 0 Å². The lowest BCUT2D eigenvalue weighted by Gasteiger charge is -2.01. The summed E-state index contributed by atoms with van der Waals surface area (Å²) in [6, 6.07) is 11.0. The van der Waals surface area contributed by atoms with Crippen LogP contribution in [0.25, 0.3) is 11.1 Å². The van der Waals surface area contributed by atoms with E-state index in [4.69, 9.17) is 5.26 Å². The van der Waals surface area contributed by atoms with Crippen molar-refractivity contribution in [3.8, 4) is 17.2 Å². The molecule has 0 saturated heterocycles. The van der Waals surface area contributed by atoms with Crippen LogP contribution in [0.5, 0.6) is 0 Å². The Bertz CT molecular complexity index is 553. The number of hydrogen-bond acceptors (Lipinski definition) is 3. The molecule has 0 bridgehead atoms. The molecule has 16 heavy (non-hydrogen) atoms. The summed E-state index contributed by atoms with van der Waals surface area (Å²) in [6.07, 6.45) is 4.01. The SMILES string of the molecule is N#Cc1cncc(-c2ccc(C=O)cc2)c1. The average Bonchev–Trinajstić information content (AvgIpc) is 2.39. The number of nitriles is 1. The maximum absolute atomic E-state index is 10.5. The number of carbonyl (C=O) groups excluding carboxylic acids is 1. The fraction of sp³-hybridized carbons (Fsp3) is 0. The van der Waals surface area contributed by atoms with Crippen LogP contribution in [0, 0.1) is 11.3 Å². The van der Waals surface area contributed by atoms with Crippen LogP contribution in [0.2, 0.25) is 0 Å². The molecule has 1 aromatic carbocycles. The van der Waals surface area contributed by atoms with E-state index in [1.807, 2.05) is 18.2 Å². The third kappa shape index (κ3) is 1.96. The van der Waals surface area contributed by atoms with Crippen LogP contribution < -0.4 is 0 Å². The summed E-state index contributed by atoms with van der Waals surface area (Å²) >= 11 is 0. The molecular weight excluding hydrogens is 200 g/mol. The first-order valence-electron chi connectivity index (χ1n) is 4.74. The van der Waals surface area contributed by atoms with Gasteiger partial charge < -0.3 is 0 Å². The number of carbonyl (C=O) groups is 1. The molecule has 0 aliphatic heterocycles. The first kappa shape index (κ1) is 10.1. The van der Waals surface area contributed by atoms with Gasteiger partial charge in [0.05, 0.1) is 5.56 Å². The molecule has 0 aliphatic carbocycles. The number of nitrogens with zero attached hydrogens (tertiary/aromatic N) is 2. The smallest absolute Gasteiger partial charge is 0.150 e. The second-order valence-corrected chi connectivity index (χ2v) is 3.31. The van der Waals surface area contributed by atoms with Gasteiger partial charge in [-0.25, -0.2) is 0 Å². The maximum atomic E-state index is 10.5. The van der Waals surface area contributed by atoms with Crippen molar-refractivity contribution >= 4 is 6.29 Å². The van der Waals surface area contributed by atoms with E-state index >= 15 is 0 Å². The summed E-state index contributed by atoms with van der Waals surface area (Å²) in [5, 5.41) is 8.75. The van der Waals surface area contributed by atoms with Crippen LogP contribution >= 0.6 is 0 Å². The fourth-order valence-electron chi connectivity index (χ4n) is 1.41. The average molecular weight is 208 g/mol. The van der Waals surface area contributed by atoms with Gasteiger partial charge in [-0.2, -0.15) is 5.26 Å². The van der Waals surface area contributed by atoms with E-state index in [1.54, 1.807) is 24.4 Å². The molecule has 2 aromatic rings. The monoisotopic (exact) mass is 208 g/mol. The molecule has 76 valence electrons. The maximum Gasteiger partial charge on any atom is 0.150 e. The second kappa shape index (κ2) is 4.37. The van der Waals surface area contributed by atoms with E-state index in [-0.39, 0.29) is 0 Å². The van der Waals surface area contributed by atoms with Gasteiger partial charge in [0.15, 0.2) is 0 Å². The van der Waals surface area contributed by atoms with Crippen molar-refractivity contribution in [3.63, 3.8) is 0 Å².